The number of benzene rings is 2. The molecule has 0 aliphatic rings. The largest absolute Gasteiger partial charge is 0.354 e. The Morgan fingerprint density at radius 2 is 1.76 bits per heavy atom. The molecule has 4 aromatic rings. The molecule has 0 aliphatic heterocycles. The van der Waals surface area contributed by atoms with Crippen LogP contribution in [0.15, 0.2) is 73.1 Å². The summed E-state index contributed by atoms with van der Waals surface area (Å²) in [4.78, 5) is 45.3. The molecule has 2 heterocycles. The second-order valence-corrected chi connectivity index (χ2v) is 9.26. The van der Waals surface area contributed by atoms with Gasteiger partial charge in [-0.05, 0) is 61.2 Å². The van der Waals surface area contributed by atoms with Crippen molar-refractivity contribution in [1.29, 1.82) is 0 Å². The Morgan fingerprint density at radius 1 is 1.00 bits per heavy atom. The first kappa shape index (κ1) is 25.7. The summed E-state index contributed by atoms with van der Waals surface area (Å²) in [5, 5.41) is 11.3. The van der Waals surface area contributed by atoms with Gasteiger partial charge in [0.25, 0.3) is 0 Å². The van der Waals surface area contributed by atoms with Crippen molar-refractivity contribution >= 4 is 34.3 Å². The first-order valence-corrected chi connectivity index (χ1v) is 12.2. The van der Waals surface area contributed by atoms with Crippen LogP contribution < -0.4 is 10.2 Å². The van der Waals surface area contributed by atoms with Crippen LogP contribution >= 0.6 is 0 Å². The van der Waals surface area contributed by atoms with E-state index in [1.165, 1.54) is 16.5 Å². The third kappa shape index (κ3) is 6.06. The molecule has 9 heteroatoms. The van der Waals surface area contributed by atoms with Gasteiger partial charge in [0.15, 0.2) is 5.78 Å². The topological polar surface area (TPSA) is 110 Å². The van der Waals surface area contributed by atoms with Crippen molar-refractivity contribution in [3.8, 4) is 0 Å². The van der Waals surface area contributed by atoms with Crippen LogP contribution in [0.1, 0.15) is 49.2 Å². The maximum Gasteiger partial charge on any atom is 0.249 e. The van der Waals surface area contributed by atoms with Gasteiger partial charge in [-0.15, -0.1) is 5.10 Å². The molecular formula is C28H30N6O3. The zero-order valence-corrected chi connectivity index (χ0v) is 21.2. The van der Waals surface area contributed by atoms with Crippen molar-refractivity contribution in [1.82, 2.24) is 25.3 Å². The average molecular weight is 499 g/mol. The molecular weight excluding hydrogens is 468 g/mol. The van der Waals surface area contributed by atoms with Crippen LogP contribution in [0.2, 0.25) is 0 Å². The van der Waals surface area contributed by atoms with Gasteiger partial charge in [-0.3, -0.25) is 24.3 Å². The number of nitrogens with one attached hydrogen (secondary N) is 1. The number of Topliss-reactive ketones (excluding diaryl/α,β-unsaturated/α-hetero) is 1. The summed E-state index contributed by atoms with van der Waals surface area (Å²) in [5.74, 6) is -0.433. The maximum atomic E-state index is 14.0. The van der Waals surface area contributed by atoms with Gasteiger partial charge >= 0.3 is 0 Å². The summed E-state index contributed by atoms with van der Waals surface area (Å²) >= 11 is 0. The molecule has 0 saturated carbocycles. The van der Waals surface area contributed by atoms with E-state index >= 15 is 0 Å². The molecule has 0 fully saturated rings. The van der Waals surface area contributed by atoms with Crippen molar-refractivity contribution in [3.05, 3.63) is 84.2 Å². The van der Waals surface area contributed by atoms with E-state index in [1.54, 1.807) is 48.8 Å². The van der Waals surface area contributed by atoms with Gasteiger partial charge in [0.2, 0.25) is 11.8 Å². The van der Waals surface area contributed by atoms with Crippen molar-refractivity contribution in [2.75, 3.05) is 11.4 Å². The predicted octanol–water partition coefficient (Wildman–Crippen LogP) is 3.97. The van der Waals surface area contributed by atoms with E-state index in [0.29, 0.717) is 40.3 Å². The molecule has 0 bridgehead atoms. The number of ketones is 1. The number of anilines is 1. The molecule has 1 N–H and O–H groups in total. The highest BCUT2D eigenvalue weighted by Gasteiger charge is 2.33. The lowest BCUT2D eigenvalue weighted by Crippen LogP contribution is -2.45. The van der Waals surface area contributed by atoms with E-state index < -0.39 is 6.04 Å². The lowest BCUT2D eigenvalue weighted by Gasteiger charge is -2.32. The molecule has 2 amide bonds. The van der Waals surface area contributed by atoms with E-state index in [0.717, 1.165) is 6.42 Å². The Balaban J connectivity index is 1.78. The van der Waals surface area contributed by atoms with Crippen molar-refractivity contribution in [2.24, 2.45) is 5.92 Å². The zero-order chi connectivity index (χ0) is 26.4. The molecule has 37 heavy (non-hydrogen) atoms. The Labute approximate surface area is 215 Å². The molecule has 1 atom stereocenters. The van der Waals surface area contributed by atoms with Crippen molar-refractivity contribution in [2.45, 2.75) is 39.8 Å². The van der Waals surface area contributed by atoms with Crippen LogP contribution in [-0.2, 0) is 16.1 Å². The lowest BCUT2D eigenvalue weighted by molar-refractivity contribution is -0.127. The average Bonchev–Trinajstić information content (AvgIpc) is 3.30. The highest BCUT2D eigenvalue weighted by molar-refractivity contribution is 6.03. The summed E-state index contributed by atoms with van der Waals surface area (Å²) in [6.45, 7) is 5.95. The molecule has 0 radical (unpaired) electrons. The summed E-state index contributed by atoms with van der Waals surface area (Å²) in [6.07, 6.45) is 3.97. The molecule has 0 saturated heterocycles. The van der Waals surface area contributed by atoms with Gasteiger partial charge < -0.3 is 5.32 Å². The molecule has 9 nitrogen and oxygen atoms in total. The van der Waals surface area contributed by atoms with Crippen molar-refractivity contribution < 1.29 is 14.4 Å². The van der Waals surface area contributed by atoms with Gasteiger partial charge in [-0.2, -0.15) is 0 Å². The number of carbonyl (C=O) groups is 3. The normalized spacial score (nSPS) is 11.9. The Kier molecular flexibility index (Phi) is 8.02. The summed E-state index contributed by atoms with van der Waals surface area (Å²) in [5.41, 5.74) is 2.84. The van der Waals surface area contributed by atoms with E-state index in [9.17, 15) is 14.4 Å². The van der Waals surface area contributed by atoms with Gasteiger partial charge in [0.05, 0.1) is 5.52 Å². The summed E-state index contributed by atoms with van der Waals surface area (Å²) in [6, 6.07) is 16.5. The fourth-order valence-electron chi connectivity index (χ4n) is 4.09. The van der Waals surface area contributed by atoms with Crippen LogP contribution in [0.4, 0.5) is 5.69 Å². The first-order valence-electron chi connectivity index (χ1n) is 12.2. The number of carbonyl (C=O) groups excluding carboxylic acids is 3. The molecule has 2 aromatic heterocycles. The van der Waals surface area contributed by atoms with E-state index in [1.807, 2.05) is 24.3 Å². The van der Waals surface area contributed by atoms with Crippen LogP contribution in [0.5, 0.6) is 0 Å². The quantitative estimate of drug-likeness (QED) is 0.331. The fourth-order valence-corrected chi connectivity index (χ4v) is 4.09. The summed E-state index contributed by atoms with van der Waals surface area (Å²) in [7, 11) is 0. The number of nitrogens with zero attached hydrogens (tertiary/aromatic N) is 5. The third-order valence-corrected chi connectivity index (χ3v) is 6.05. The number of hydrogen-bond acceptors (Lipinski definition) is 6. The second kappa shape index (κ2) is 11.6. The van der Waals surface area contributed by atoms with Gasteiger partial charge in [0, 0.05) is 30.2 Å². The van der Waals surface area contributed by atoms with E-state index in [4.69, 9.17) is 0 Å². The van der Waals surface area contributed by atoms with Crippen LogP contribution in [0.25, 0.3) is 11.0 Å². The molecule has 2 aromatic carbocycles. The van der Waals surface area contributed by atoms with E-state index in [-0.39, 0.29) is 24.1 Å². The van der Waals surface area contributed by atoms with Crippen LogP contribution in [0, 0.1) is 5.92 Å². The smallest absolute Gasteiger partial charge is 0.249 e. The third-order valence-electron chi connectivity index (χ3n) is 6.05. The molecule has 0 spiro atoms. The maximum absolute atomic E-state index is 14.0. The second-order valence-electron chi connectivity index (χ2n) is 9.26. The van der Waals surface area contributed by atoms with Gasteiger partial charge in [-0.25, -0.2) is 4.68 Å². The highest BCUT2D eigenvalue weighted by atomic mass is 16.2. The number of amides is 2. The zero-order valence-electron chi connectivity index (χ0n) is 21.2. The number of rotatable bonds is 10. The van der Waals surface area contributed by atoms with Gasteiger partial charge in [0.1, 0.15) is 18.1 Å². The fraction of sp³-hybridized carbons (Fsp3) is 0.286. The Hall–Kier alpha value is -4.40. The minimum absolute atomic E-state index is 0.140. The molecule has 4 rings (SSSR count). The van der Waals surface area contributed by atoms with E-state index in [2.05, 4.69) is 34.5 Å². The monoisotopic (exact) mass is 498 g/mol. The summed E-state index contributed by atoms with van der Waals surface area (Å²) < 4.78 is 1.51. The number of pyridine rings is 1. The number of para-hydroxylation sites is 1. The minimum atomic E-state index is -0.986. The predicted molar refractivity (Wildman–Crippen MR) is 141 cm³/mol. The SMILES string of the molecule is CC(=O)c1cccc(N(C(=O)Cn2nnc3ccccc32)[C@H](C(=O)NCCC(C)C)c2ccncc2)c1. The van der Waals surface area contributed by atoms with Crippen LogP contribution in [-0.4, -0.2) is 44.1 Å². The standard InChI is InChI=1S/C28H30N6O3/c1-19(2)11-16-30-28(37)27(21-12-14-29-15-13-21)34(23-8-6-7-22(17-23)20(3)35)26(36)18-33-25-10-5-4-9-24(25)31-32-33/h4-10,12-15,17,19,27H,11,16,18H2,1-3H3,(H,30,37)/t27-/m0/s1. The minimum Gasteiger partial charge on any atom is -0.354 e. The Bertz CT molecular complexity index is 1400. The highest BCUT2D eigenvalue weighted by Crippen LogP contribution is 2.29. The Morgan fingerprint density at radius 3 is 2.49 bits per heavy atom. The number of aromatic nitrogens is 4. The number of hydrogen-bond donors (Lipinski definition) is 1. The lowest BCUT2D eigenvalue weighted by atomic mass is 10.0. The first-order chi connectivity index (χ1) is 17.8. The molecule has 0 aliphatic carbocycles. The van der Waals surface area contributed by atoms with Crippen molar-refractivity contribution in [3.63, 3.8) is 0 Å². The molecule has 190 valence electrons. The van der Waals surface area contributed by atoms with Crippen LogP contribution in [0.3, 0.4) is 0 Å². The number of fused-ring (bicyclic) bond motifs is 1. The molecule has 0 unspecified atom stereocenters. The van der Waals surface area contributed by atoms with Gasteiger partial charge in [-0.1, -0.05) is 43.3 Å².